The van der Waals surface area contributed by atoms with Crippen molar-refractivity contribution in [2.24, 2.45) is 11.8 Å². The molecule has 0 aromatic heterocycles. The molecule has 218 valence electrons. The van der Waals surface area contributed by atoms with Crippen LogP contribution in [0, 0.1) is 23.2 Å². The molecule has 1 aromatic carbocycles. The predicted molar refractivity (Wildman–Crippen MR) is 149 cm³/mol. The Balaban J connectivity index is 1.29. The molecule has 2 aliphatic heterocycles. The van der Waals surface area contributed by atoms with E-state index in [2.05, 4.69) is 42.0 Å². The van der Waals surface area contributed by atoms with Crippen molar-refractivity contribution < 1.29 is 22.6 Å². The fourth-order valence-corrected chi connectivity index (χ4v) is 7.99. The molecule has 12 heteroatoms. The van der Waals surface area contributed by atoms with E-state index in [0.29, 0.717) is 22.8 Å². The summed E-state index contributed by atoms with van der Waals surface area (Å²) in [5.41, 5.74) is 0.119. The van der Waals surface area contributed by atoms with E-state index in [4.69, 9.17) is 11.6 Å². The predicted octanol–water partition coefficient (Wildman–Crippen LogP) is 3.41. The van der Waals surface area contributed by atoms with Crippen LogP contribution < -0.4 is 10.2 Å². The zero-order valence-corrected chi connectivity index (χ0v) is 24.7. The molecule has 2 amide bonds. The average molecular weight is 596 g/mol. The monoisotopic (exact) mass is 595 g/mol. The van der Waals surface area contributed by atoms with Crippen LogP contribution in [0.25, 0.3) is 0 Å². The van der Waals surface area contributed by atoms with Crippen molar-refractivity contribution in [1.82, 2.24) is 15.1 Å². The van der Waals surface area contributed by atoms with Crippen molar-refractivity contribution in [2.45, 2.75) is 73.6 Å². The van der Waals surface area contributed by atoms with Crippen LogP contribution in [0.5, 0.6) is 0 Å². The molecule has 1 N–H and O–H groups in total. The van der Waals surface area contributed by atoms with Crippen LogP contribution in [0.2, 0.25) is 5.02 Å². The molecule has 5 rings (SSSR count). The van der Waals surface area contributed by atoms with Gasteiger partial charge in [-0.25, -0.2) is 8.78 Å². The van der Waals surface area contributed by atoms with Crippen LogP contribution in [-0.4, -0.2) is 87.3 Å². The highest BCUT2D eigenvalue weighted by atomic mass is 35.5. The molecule has 0 bridgehead atoms. The van der Waals surface area contributed by atoms with Gasteiger partial charge in [-0.2, -0.15) is 5.26 Å². The summed E-state index contributed by atoms with van der Waals surface area (Å²) in [6.45, 7) is 8.78. The minimum atomic E-state index is -2.93. The van der Waals surface area contributed by atoms with E-state index in [9.17, 15) is 27.8 Å². The fourth-order valence-electron chi connectivity index (χ4n) is 6.01. The molecule has 3 unspecified atom stereocenters. The van der Waals surface area contributed by atoms with Gasteiger partial charge in [-0.15, -0.1) is 0 Å². The summed E-state index contributed by atoms with van der Waals surface area (Å²) in [5.74, 6) is -5.64. The highest BCUT2D eigenvalue weighted by Crippen LogP contribution is 2.43. The van der Waals surface area contributed by atoms with Gasteiger partial charge in [0.2, 0.25) is 11.8 Å². The minimum absolute atomic E-state index is 0.101. The zero-order valence-electron chi connectivity index (χ0n) is 23.1. The van der Waals surface area contributed by atoms with Gasteiger partial charge in [0.25, 0.3) is 5.92 Å². The summed E-state index contributed by atoms with van der Waals surface area (Å²) in [6, 6.07) is 7.57. The number of nitriles is 1. The van der Waals surface area contributed by atoms with Gasteiger partial charge in [-0.3, -0.25) is 18.7 Å². The summed E-state index contributed by atoms with van der Waals surface area (Å²) >= 11 is 6.64. The largest absolute Gasteiger partial charge is 0.369 e. The number of amides is 2. The SMILES string of the molecule is CC(C)(C)N1CCN(c2ccc(S(=O)C3CC(C(=O)N4CC(F)(F)C4)[C@H](C(=O)NC4(C#N)CC4)C3)c(Cl)c2)CC1. The topological polar surface area (TPSA) is 96.8 Å². The number of hydrogen-bond acceptors (Lipinski definition) is 6. The van der Waals surface area contributed by atoms with Gasteiger partial charge in [0, 0.05) is 42.7 Å². The van der Waals surface area contributed by atoms with Crippen molar-refractivity contribution in [1.29, 1.82) is 5.26 Å². The number of likely N-dealkylation sites (tertiary alicyclic amines) is 1. The number of rotatable bonds is 6. The molecule has 0 radical (unpaired) electrons. The van der Waals surface area contributed by atoms with Gasteiger partial charge >= 0.3 is 0 Å². The summed E-state index contributed by atoms with van der Waals surface area (Å²) in [5, 5.41) is 12.0. The van der Waals surface area contributed by atoms with Gasteiger partial charge < -0.3 is 15.1 Å². The van der Waals surface area contributed by atoms with Crippen LogP contribution in [0.3, 0.4) is 0 Å². The molecule has 2 aliphatic carbocycles. The number of hydrogen-bond donors (Lipinski definition) is 1. The molecular formula is C28H36ClF2N5O3S. The fraction of sp³-hybridized carbons (Fsp3) is 0.679. The number of benzene rings is 1. The number of anilines is 1. The van der Waals surface area contributed by atoms with Gasteiger partial charge in [0.15, 0.2) is 0 Å². The van der Waals surface area contributed by atoms with Crippen molar-refractivity contribution in [3.05, 3.63) is 23.2 Å². The minimum Gasteiger partial charge on any atom is -0.369 e. The molecule has 4 atom stereocenters. The normalized spacial score (nSPS) is 28.4. The molecule has 4 fully saturated rings. The number of piperazine rings is 1. The Labute approximate surface area is 241 Å². The first-order valence-corrected chi connectivity index (χ1v) is 15.4. The maximum absolute atomic E-state index is 13.7. The Bertz CT molecular complexity index is 1250. The van der Waals surface area contributed by atoms with Gasteiger partial charge in [-0.05, 0) is 64.7 Å². The molecule has 1 aromatic rings. The molecule has 2 heterocycles. The van der Waals surface area contributed by atoms with E-state index in [0.717, 1.165) is 36.8 Å². The lowest BCUT2D eigenvalue weighted by Crippen LogP contribution is -2.60. The van der Waals surface area contributed by atoms with Gasteiger partial charge in [-0.1, -0.05) is 11.6 Å². The Morgan fingerprint density at radius 2 is 1.73 bits per heavy atom. The van der Waals surface area contributed by atoms with E-state index in [1.165, 1.54) is 0 Å². The summed E-state index contributed by atoms with van der Waals surface area (Å²) in [4.78, 5) is 32.5. The van der Waals surface area contributed by atoms with E-state index in [1.54, 1.807) is 6.07 Å². The van der Waals surface area contributed by atoms with Crippen LogP contribution in [0.1, 0.15) is 46.5 Å². The highest BCUT2D eigenvalue weighted by molar-refractivity contribution is 7.85. The Hall–Kier alpha value is -2.29. The molecule has 2 saturated carbocycles. The third-order valence-electron chi connectivity index (χ3n) is 8.68. The molecule has 0 spiro atoms. The Morgan fingerprint density at radius 3 is 2.25 bits per heavy atom. The van der Waals surface area contributed by atoms with Gasteiger partial charge in [0.05, 0.1) is 51.7 Å². The van der Waals surface area contributed by atoms with Gasteiger partial charge in [0.1, 0.15) is 5.54 Å². The maximum Gasteiger partial charge on any atom is 0.282 e. The van der Waals surface area contributed by atoms with E-state index >= 15 is 0 Å². The molecule has 40 heavy (non-hydrogen) atoms. The van der Waals surface area contributed by atoms with Crippen LogP contribution in [0.4, 0.5) is 14.5 Å². The number of nitrogens with zero attached hydrogens (tertiary/aromatic N) is 4. The maximum atomic E-state index is 13.7. The van der Waals surface area contributed by atoms with E-state index < -0.39 is 64.3 Å². The van der Waals surface area contributed by atoms with Crippen molar-refractivity contribution in [2.75, 3.05) is 44.2 Å². The third-order valence-corrected chi connectivity index (χ3v) is 10.9. The number of carbonyl (C=O) groups excluding carboxylic acids is 2. The average Bonchev–Trinajstić information content (AvgIpc) is 3.51. The van der Waals surface area contributed by atoms with Crippen molar-refractivity contribution in [3.8, 4) is 6.07 Å². The summed E-state index contributed by atoms with van der Waals surface area (Å²) in [6.07, 6.45) is 1.33. The first-order valence-electron chi connectivity index (χ1n) is 13.8. The molecular weight excluding hydrogens is 560 g/mol. The molecule has 8 nitrogen and oxygen atoms in total. The summed E-state index contributed by atoms with van der Waals surface area (Å²) in [7, 11) is -1.62. The van der Waals surface area contributed by atoms with E-state index in [-0.39, 0.29) is 18.4 Å². The second-order valence-electron chi connectivity index (χ2n) is 12.6. The lowest BCUT2D eigenvalue weighted by molar-refractivity contribution is -0.171. The Kier molecular flexibility index (Phi) is 7.68. The quantitative estimate of drug-likeness (QED) is 0.541. The highest BCUT2D eigenvalue weighted by Gasteiger charge is 2.54. The lowest BCUT2D eigenvalue weighted by atomic mass is 9.92. The number of halogens is 3. The second kappa shape index (κ2) is 10.5. The van der Waals surface area contributed by atoms with Crippen LogP contribution in [0.15, 0.2) is 23.1 Å². The standard InChI is InChI=1S/C28H36ClF2N5O3S/c1-26(2,3)36-10-8-34(9-11-36)18-4-5-23(22(29)12-18)40(39)19-13-20(24(37)33-27(15-32)6-7-27)21(14-19)25(38)35-16-28(30,31)17-35/h4-5,12,19-21H,6-11,13-14,16-17H2,1-3H3,(H,33,37)/t19?,20-,21?,40?/m1/s1. The molecule has 2 saturated heterocycles. The summed E-state index contributed by atoms with van der Waals surface area (Å²) < 4.78 is 40.7. The van der Waals surface area contributed by atoms with E-state index in [1.807, 2.05) is 12.1 Å². The lowest BCUT2D eigenvalue weighted by Gasteiger charge is -2.43. The molecule has 4 aliphatic rings. The first-order chi connectivity index (χ1) is 18.7. The first kappa shape index (κ1) is 29.2. The number of alkyl halides is 2. The second-order valence-corrected chi connectivity index (χ2v) is 14.7. The van der Waals surface area contributed by atoms with Crippen molar-refractivity contribution in [3.63, 3.8) is 0 Å². The Morgan fingerprint density at radius 1 is 1.10 bits per heavy atom. The number of carbonyl (C=O) groups is 2. The smallest absolute Gasteiger partial charge is 0.282 e. The van der Waals surface area contributed by atoms with Crippen molar-refractivity contribution >= 4 is 39.9 Å². The zero-order chi connectivity index (χ0) is 29.0. The third kappa shape index (κ3) is 5.86. The van der Waals surface area contributed by atoms with Crippen LogP contribution in [-0.2, 0) is 20.4 Å². The van der Waals surface area contributed by atoms with Crippen LogP contribution >= 0.6 is 11.6 Å². The number of nitrogens with one attached hydrogen (secondary N) is 1.